The number of hydrogen-bond acceptors (Lipinski definition) is 8. The Morgan fingerprint density at radius 2 is 1.62 bits per heavy atom. The third-order valence-corrected chi connectivity index (χ3v) is 5.02. The monoisotopic (exact) mass is 466 g/mol. The number of methoxy groups -OCH3 is 1. The highest BCUT2D eigenvalue weighted by molar-refractivity contribution is 5.78. The molecule has 1 amide bonds. The molecule has 2 atom stereocenters. The smallest absolute Gasteiger partial charge is 0.408 e. The molecule has 0 saturated carbocycles. The van der Waals surface area contributed by atoms with Crippen LogP contribution in [0.2, 0.25) is 0 Å². The number of anilines is 1. The van der Waals surface area contributed by atoms with Crippen molar-refractivity contribution in [2.45, 2.75) is 45.4 Å². The van der Waals surface area contributed by atoms with E-state index in [2.05, 4.69) is 20.8 Å². The number of esters is 1. The van der Waals surface area contributed by atoms with Gasteiger partial charge in [-0.3, -0.25) is 0 Å². The Bertz CT molecular complexity index is 1040. The third-order valence-electron chi connectivity index (χ3n) is 5.02. The predicted molar refractivity (Wildman–Crippen MR) is 126 cm³/mol. The van der Waals surface area contributed by atoms with E-state index in [1.165, 1.54) is 7.11 Å². The summed E-state index contributed by atoms with van der Waals surface area (Å²) in [6, 6.07) is 17.8. The molecule has 180 valence electrons. The Balaban J connectivity index is 1.72. The van der Waals surface area contributed by atoms with E-state index in [1.54, 1.807) is 0 Å². The Morgan fingerprint density at radius 1 is 0.971 bits per heavy atom. The molecule has 1 aromatic heterocycles. The predicted octanol–water partition coefficient (Wildman–Crippen LogP) is 4.28. The lowest BCUT2D eigenvalue weighted by Crippen LogP contribution is -2.32. The largest absolute Gasteiger partial charge is 0.467 e. The molecule has 0 bridgehead atoms. The summed E-state index contributed by atoms with van der Waals surface area (Å²) < 4.78 is 16.0. The number of ether oxygens (including phenoxy) is 2. The highest BCUT2D eigenvalue weighted by atomic mass is 16.5. The van der Waals surface area contributed by atoms with Crippen molar-refractivity contribution in [3.05, 3.63) is 77.7 Å². The molecule has 3 aromatic rings. The fourth-order valence-corrected chi connectivity index (χ4v) is 3.37. The fraction of sp³-hybridized carbons (Fsp3) is 0.360. The van der Waals surface area contributed by atoms with E-state index in [0.717, 1.165) is 11.1 Å². The van der Waals surface area contributed by atoms with E-state index in [1.807, 2.05) is 74.5 Å². The minimum absolute atomic E-state index is 0.0727. The highest BCUT2D eigenvalue weighted by Gasteiger charge is 2.26. The van der Waals surface area contributed by atoms with Crippen LogP contribution in [0, 0.1) is 5.92 Å². The second-order valence-corrected chi connectivity index (χ2v) is 8.24. The molecule has 2 N–H and O–H groups in total. The summed E-state index contributed by atoms with van der Waals surface area (Å²) in [5.41, 5.74) is 1.84. The van der Waals surface area contributed by atoms with Crippen molar-refractivity contribution in [1.29, 1.82) is 0 Å². The molecule has 0 saturated heterocycles. The van der Waals surface area contributed by atoms with Crippen molar-refractivity contribution in [2.24, 2.45) is 5.92 Å². The average Bonchev–Trinajstić information content (AvgIpc) is 3.31. The summed E-state index contributed by atoms with van der Waals surface area (Å²) in [5.74, 6) is 0.0129. The van der Waals surface area contributed by atoms with Crippen LogP contribution in [-0.2, 0) is 27.3 Å². The molecule has 0 aliphatic rings. The van der Waals surface area contributed by atoms with Crippen LogP contribution in [-0.4, -0.2) is 35.4 Å². The molecule has 0 aliphatic carbocycles. The number of rotatable bonds is 11. The lowest BCUT2D eigenvalue weighted by molar-refractivity contribution is -0.141. The first-order valence-corrected chi connectivity index (χ1v) is 11.1. The van der Waals surface area contributed by atoms with Gasteiger partial charge in [0.25, 0.3) is 0 Å². The molecule has 2 aromatic carbocycles. The number of nitrogens with one attached hydrogen (secondary N) is 2. The van der Waals surface area contributed by atoms with Crippen LogP contribution >= 0.6 is 0 Å². The van der Waals surface area contributed by atoms with Crippen molar-refractivity contribution in [3.8, 4) is 0 Å². The van der Waals surface area contributed by atoms with Crippen molar-refractivity contribution >= 4 is 18.1 Å². The Hall–Kier alpha value is -3.88. The molecule has 9 heteroatoms. The molecule has 9 nitrogen and oxygen atoms in total. The van der Waals surface area contributed by atoms with Gasteiger partial charge in [0.1, 0.15) is 18.7 Å². The first-order valence-electron chi connectivity index (χ1n) is 11.1. The van der Waals surface area contributed by atoms with Gasteiger partial charge in [-0.15, -0.1) is 5.10 Å². The molecule has 0 unspecified atom stereocenters. The minimum Gasteiger partial charge on any atom is -0.467 e. The second-order valence-electron chi connectivity index (χ2n) is 8.24. The van der Waals surface area contributed by atoms with Gasteiger partial charge in [0.2, 0.25) is 5.89 Å². The zero-order valence-electron chi connectivity index (χ0n) is 19.6. The lowest BCUT2D eigenvalue weighted by atomic mass is 10.0. The standard InChI is InChI=1S/C25H30N4O5/c1-17(2)14-21(23(30)32-3)26-24-29-28-22(34-24)20(15-18-10-6-4-7-11-18)27-25(31)33-16-19-12-8-5-9-13-19/h4-13,17,20-21H,14-16H2,1-3H3,(H,26,29)(H,27,31)/t20-,21-/m0/s1. The summed E-state index contributed by atoms with van der Waals surface area (Å²) in [7, 11) is 1.33. The van der Waals surface area contributed by atoms with Crippen LogP contribution in [0.4, 0.5) is 10.8 Å². The van der Waals surface area contributed by atoms with Crippen LogP contribution in [0.5, 0.6) is 0 Å². The van der Waals surface area contributed by atoms with Crippen molar-refractivity contribution in [2.75, 3.05) is 12.4 Å². The van der Waals surface area contributed by atoms with Crippen LogP contribution in [0.3, 0.4) is 0 Å². The summed E-state index contributed by atoms with van der Waals surface area (Å²) in [6.07, 6.45) is 0.335. The number of alkyl carbamates (subject to hydrolysis) is 1. The van der Waals surface area contributed by atoms with Gasteiger partial charge in [-0.2, -0.15) is 0 Å². The van der Waals surface area contributed by atoms with E-state index < -0.39 is 24.1 Å². The Morgan fingerprint density at radius 3 is 2.24 bits per heavy atom. The summed E-state index contributed by atoms with van der Waals surface area (Å²) in [6.45, 7) is 4.13. The quantitative estimate of drug-likeness (QED) is 0.402. The van der Waals surface area contributed by atoms with E-state index in [4.69, 9.17) is 13.9 Å². The molecule has 0 spiro atoms. The van der Waals surface area contributed by atoms with E-state index in [9.17, 15) is 9.59 Å². The van der Waals surface area contributed by atoms with Gasteiger partial charge in [-0.1, -0.05) is 79.6 Å². The summed E-state index contributed by atoms with van der Waals surface area (Å²) in [5, 5.41) is 13.9. The maximum atomic E-state index is 12.5. The molecule has 0 fully saturated rings. The van der Waals surface area contributed by atoms with E-state index in [0.29, 0.717) is 12.8 Å². The number of amides is 1. The lowest BCUT2D eigenvalue weighted by Gasteiger charge is -2.17. The molecular weight excluding hydrogens is 436 g/mol. The van der Waals surface area contributed by atoms with Crippen molar-refractivity contribution < 1.29 is 23.5 Å². The first kappa shape index (κ1) is 24.8. The first-order chi connectivity index (χ1) is 16.4. The van der Waals surface area contributed by atoms with Crippen LogP contribution < -0.4 is 10.6 Å². The molecule has 1 heterocycles. The zero-order valence-corrected chi connectivity index (χ0v) is 19.6. The van der Waals surface area contributed by atoms with Gasteiger partial charge in [0.05, 0.1) is 7.11 Å². The minimum atomic E-state index is -0.630. The summed E-state index contributed by atoms with van der Waals surface area (Å²) >= 11 is 0. The van der Waals surface area contributed by atoms with Gasteiger partial charge < -0.3 is 24.5 Å². The number of carbonyl (C=O) groups is 2. The van der Waals surface area contributed by atoms with Gasteiger partial charge in [-0.05, 0) is 23.5 Å². The second kappa shape index (κ2) is 12.4. The van der Waals surface area contributed by atoms with Crippen LogP contribution in [0.25, 0.3) is 0 Å². The Labute approximate surface area is 198 Å². The van der Waals surface area contributed by atoms with Crippen LogP contribution in [0.1, 0.15) is 43.3 Å². The normalized spacial score (nSPS) is 12.6. The number of nitrogens with zero attached hydrogens (tertiary/aromatic N) is 2. The fourth-order valence-electron chi connectivity index (χ4n) is 3.37. The van der Waals surface area contributed by atoms with Crippen molar-refractivity contribution in [1.82, 2.24) is 15.5 Å². The maximum absolute atomic E-state index is 12.5. The van der Waals surface area contributed by atoms with Gasteiger partial charge in [-0.25, -0.2) is 9.59 Å². The molecule has 0 aliphatic heterocycles. The highest BCUT2D eigenvalue weighted by Crippen LogP contribution is 2.21. The van der Waals surface area contributed by atoms with Crippen molar-refractivity contribution in [3.63, 3.8) is 0 Å². The van der Waals surface area contributed by atoms with E-state index >= 15 is 0 Å². The molecule has 0 radical (unpaired) electrons. The molecular formula is C25H30N4O5. The summed E-state index contributed by atoms with van der Waals surface area (Å²) in [4.78, 5) is 24.6. The third kappa shape index (κ3) is 7.61. The topological polar surface area (TPSA) is 116 Å². The maximum Gasteiger partial charge on any atom is 0.408 e. The number of hydrogen-bond donors (Lipinski definition) is 2. The molecule has 34 heavy (non-hydrogen) atoms. The Kier molecular flexibility index (Phi) is 9.02. The van der Waals surface area contributed by atoms with E-state index in [-0.39, 0.29) is 24.4 Å². The van der Waals surface area contributed by atoms with Crippen LogP contribution in [0.15, 0.2) is 65.1 Å². The van der Waals surface area contributed by atoms with Gasteiger partial charge in [0.15, 0.2) is 0 Å². The van der Waals surface area contributed by atoms with Gasteiger partial charge >= 0.3 is 18.1 Å². The SMILES string of the molecule is COC(=O)[C@H](CC(C)C)Nc1nnc([C@H](Cc2ccccc2)NC(=O)OCc2ccccc2)o1. The number of carbonyl (C=O) groups excluding carboxylic acids is 2. The zero-order chi connectivity index (χ0) is 24.3. The number of benzene rings is 2. The molecule has 3 rings (SSSR count). The average molecular weight is 467 g/mol. The van der Waals surface area contributed by atoms with Gasteiger partial charge in [0, 0.05) is 6.42 Å². The number of aromatic nitrogens is 2.